The van der Waals surface area contributed by atoms with Gasteiger partial charge in [-0.15, -0.1) is 0 Å². The SMILES string of the molecule is CC(C)(C)OC(=O)N1CCC(c2cnc(N3CCOC3=O)cn2)CC1. The van der Waals surface area contributed by atoms with Crippen molar-refractivity contribution >= 4 is 18.0 Å². The Morgan fingerprint density at radius 2 is 1.92 bits per heavy atom. The van der Waals surface area contributed by atoms with Crippen LogP contribution in [0.3, 0.4) is 0 Å². The number of amides is 2. The van der Waals surface area contributed by atoms with Crippen molar-refractivity contribution in [1.82, 2.24) is 14.9 Å². The molecule has 136 valence electrons. The summed E-state index contributed by atoms with van der Waals surface area (Å²) in [4.78, 5) is 35.7. The number of likely N-dealkylation sites (tertiary alicyclic amines) is 1. The second-order valence-corrected chi connectivity index (χ2v) is 7.31. The number of hydrogen-bond acceptors (Lipinski definition) is 6. The van der Waals surface area contributed by atoms with Crippen LogP contribution in [-0.2, 0) is 9.47 Å². The molecule has 1 aromatic rings. The summed E-state index contributed by atoms with van der Waals surface area (Å²) in [6, 6.07) is 0. The number of hydrogen-bond donors (Lipinski definition) is 0. The largest absolute Gasteiger partial charge is 0.447 e. The van der Waals surface area contributed by atoms with Crippen LogP contribution in [0.15, 0.2) is 12.4 Å². The predicted molar refractivity (Wildman–Crippen MR) is 90.5 cm³/mol. The molecule has 8 heteroatoms. The van der Waals surface area contributed by atoms with Gasteiger partial charge in [-0.3, -0.25) is 9.88 Å². The molecule has 3 rings (SSSR count). The Morgan fingerprint density at radius 3 is 2.44 bits per heavy atom. The maximum atomic E-state index is 12.1. The average molecular weight is 348 g/mol. The van der Waals surface area contributed by atoms with Gasteiger partial charge in [0.25, 0.3) is 0 Å². The van der Waals surface area contributed by atoms with Crippen LogP contribution in [0.2, 0.25) is 0 Å². The van der Waals surface area contributed by atoms with E-state index in [9.17, 15) is 9.59 Å². The van der Waals surface area contributed by atoms with Gasteiger partial charge in [-0.05, 0) is 33.6 Å². The monoisotopic (exact) mass is 348 g/mol. The number of cyclic esters (lactones) is 1. The van der Waals surface area contributed by atoms with Gasteiger partial charge in [0.2, 0.25) is 0 Å². The van der Waals surface area contributed by atoms with E-state index in [1.807, 2.05) is 20.8 Å². The molecule has 0 atom stereocenters. The molecule has 1 aromatic heterocycles. The first kappa shape index (κ1) is 17.4. The molecule has 0 aromatic carbocycles. The highest BCUT2D eigenvalue weighted by Crippen LogP contribution is 2.28. The third-order valence-corrected chi connectivity index (χ3v) is 4.26. The first-order chi connectivity index (χ1) is 11.8. The van der Waals surface area contributed by atoms with E-state index in [1.54, 1.807) is 17.3 Å². The molecule has 0 N–H and O–H groups in total. The minimum absolute atomic E-state index is 0.255. The zero-order chi connectivity index (χ0) is 18.0. The molecule has 8 nitrogen and oxygen atoms in total. The van der Waals surface area contributed by atoms with Crippen LogP contribution in [-0.4, -0.2) is 58.9 Å². The van der Waals surface area contributed by atoms with Gasteiger partial charge in [-0.25, -0.2) is 14.6 Å². The van der Waals surface area contributed by atoms with Gasteiger partial charge < -0.3 is 14.4 Å². The molecule has 3 heterocycles. The number of rotatable bonds is 2. The molecule has 0 bridgehead atoms. The molecule has 0 aliphatic carbocycles. The molecule has 0 radical (unpaired) electrons. The predicted octanol–water partition coefficient (Wildman–Crippen LogP) is 2.55. The molecule has 0 unspecified atom stereocenters. The fourth-order valence-electron chi connectivity index (χ4n) is 2.97. The molecule has 2 fully saturated rings. The van der Waals surface area contributed by atoms with Crippen LogP contribution in [0.4, 0.5) is 15.4 Å². The van der Waals surface area contributed by atoms with E-state index < -0.39 is 5.60 Å². The highest BCUT2D eigenvalue weighted by molar-refractivity contribution is 5.87. The van der Waals surface area contributed by atoms with Crippen LogP contribution >= 0.6 is 0 Å². The number of carbonyl (C=O) groups excluding carboxylic acids is 2. The van der Waals surface area contributed by atoms with Gasteiger partial charge in [-0.2, -0.15) is 0 Å². The van der Waals surface area contributed by atoms with Crippen LogP contribution in [0, 0.1) is 0 Å². The van der Waals surface area contributed by atoms with Crippen molar-refractivity contribution in [3.8, 4) is 0 Å². The fraction of sp³-hybridized carbons (Fsp3) is 0.647. The highest BCUT2D eigenvalue weighted by atomic mass is 16.6. The first-order valence-corrected chi connectivity index (χ1v) is 8.57. The van der Waals surface area contributed by atoms with Crippen LogP contribution in [0.5, 0.6) is 0 Å². The molecule has 2 amide bonds. The normalized spacial score (nSPS) is 19.1. The molecule has 2 aliphatic rings. The molecular weight excluding hydrogens is 324 g/mol. The van der Waals surface area contributed by atoms with Gasteiger partial charge in [-0.1, -0.05) is 0 Å². The maximum Gasteiger partial charge on any atom is 0.415 e. The molecular formula is C17H24N4O4. The second-order valence-electron chi connectivity index (χ2n) is 7.31. The van der Waals surface area contributed by atoms with E-state index in [0.29, 0.717) is 32.1 Å². The Balaban J connectivity index is 1.56. The molecule has 2 aliphatic heterocycles. The summed E-state index contributed by atoms with van der Waals surface area (Å²) in [5.41, 5.74) is 0.409. The van der Waals surface area contributed by atoms with Crippen molar-refractivity contribution in [3.63, 3.8) is 0 Å². The van der Waals surface area contributed by atoms with Gasteiger partial charge in [0.05, 0.1) is 24.6 Å². The van der Waals surface area contributed by atoms with Crippen molar-refractivity contribution in [2.75, 3.05) is 31.1 Å². The summed E-state index contributed by atoms with van der Waals surface area (Å²) in [6.07, 6.45) is 4.32. The minimum Gasteiger partial charge on any atom is -0.447 e. The fourth-order valence-corrected chi connectivity index (χ4v) is 2.97. The molecule has 2 saturated heterocycles. The summed E-state index contributed by atoms with van der Waals surface area (Å²) < 4.78 is 10.3. The van der Waals surface area contributed by atoms with Crippen LogP contribution < -0.4 is 4.90 Å². The maximum absolute atomic E-state index is 12.1. The van der Waals surface area contributed by atoms with Gasteiger partial charge in [0.1, 0.15) is 12.2 Å². The second kappa shape index (κ2) is 6.85. The number of carbonyl (C=O) groups is 2. The van der Waals surface area contributed by atoms with Gasteiger partial charge in [0, 0.05) is 19.0 Å². The zero-order valence-electron chi connectivity index (χ0n) is 14.9. The number of piperidine rings is 1. The van der Waals surface area contributed by atoms with Crippen molar-refractivity contribution in [2.24, 2.45) is 0 Å². The quantitative estimate of drug-likeness (QED) is 0.816. The minimum atomic E-state index is -0.480. The lowest BCUT2D eigenvalue weighted by atomic mass is 9.94. The van der Waals surface area contributed by atoms with E-state index in [4.69, 9.17) is 9.47 Å². The van der Waals surface area contributed by atoms with Crippen molar-refractivity contribution in [3.05, 3.63) is 18.1 Å². The Bertz CT molecular complexity index is 633. The van der Waals surface area contributed by atoms with E-state index in [2.05, 4.69) is 9.97 Å². The highest BCUT2D eigenvalue weighted by Gasteiger charge is 2.29. The topological polar surface area (TPSA) is 84.9 Å². The third kappa shape index (κ3) is 4.18. The van der Waals surface area contributed by atoms with Crippen molar-refractivity contribution in [2.45, 2.75) is 45.1 Å². The lowest BCUT2D eigenvalue weighted by molar-refractivity contribution is 0.0204. The number of nitrogens with zero attached hydrogens (tertiary/aromatic N) is 4. The molecule has 0 spiro atoms. The van der Waals surface area contributed by atoms with Gasteiger partial charge in [0.15, 0.2) is 5.82 Å². The number of aromatic nitrogens is 2. The lowest BCUT2D eigenvalue weighted by Gasteiger charge is -2.33. The van der Waals surface area contributed by atoms with E-state index in [0.717, 1.165) is 18.5 Å². The Kier molecular flexibility index (Phi) is 4.78. The Morgan fingerprint density at radius 1 is 1.20 bits per heavy atom. The smallest absolute Gasteiger partial charge is 0.415 e. The van der Waals surface area contributed by atoms with Crippen molar-refractivity contribution < 1.29 is 19.1 Å². The first-order valence-electron chi connectivity index (χ1n) is 8.57. The standard InChI is InChI=1S/C17H24N4O4/c1-17(2,3)25-15(22)20-6-4-12(5-7-20)13-10-19-14(11-18-13)21-8-9-24-16(21)23/h10-12H,4-9H2,1-3H3. The third-order valence-electron chi connectivity index (χ3n) is 4.26. The Hall–Kier alpha value is -2.38. The molecule has 25 heavy (non-hydrogen) atoms. The van der Waals surface area contributed by atoms with Crippen molar-refractivity contribution in [1.29, 1.82) is 0 Å². The summed E-state index contributed by atoms with van der Waals surface area (Å²) >= 11 is 0. The summed E-state index contributed by atoms with van der Waals surface area (Å²) in [5, 5.41) is 0. The average Bonchev–Trinajstić information content (AvgIpc) is 3.00. The summed E-state index contributed by atoms with van der Waals surface area (Å²) in [5.74, 6) is 0.767. The Labute approximate surface area is 147 Å². The summed E-state index contributed by atoms with van der Waals surface area (Å²) in [6.45, 7) is 7.76. The van der Waals surface area contributed by atoms with Gasteiger partial charge >= 0.3 is 12.2 Å². The lowest BCUT2D eigenvalue weighted by Crippen LogP contribution is -2.41. The summed E-state index contributed by atoms with van der Waals surface area (Å²) in [7, 11) is 0. The number of anilines is 1. The number of ether oxygens (including phenoxy) is 2. The van der Waals surface area contributed by atoms with Crippen LogP contribution in [0.25, 0.3) is 0 Å². The molecule has 0 saturated carbocycles. The van der Waals surface area contributed by atoms with E-state index in [-0.39, 0.29) is 18.1 Å². The van der Waals surface area contributed by atoms with E-state index >= 15 is 0 Å². The van der Waals surface area contributed by atoms with Crippen LogP contribution in [0.1, 0.15) is 45.2 Å². The zero-order valence-corrected chi connectivity index (χ0v) is 14.9. The van der Waals surface area contributed by atoms with E-state index in [1.165, 1.54) is 4.90 Å².